The van der Waals surface area contributed by atoms with E-state index in [1.54, 1.807) is 24.3 Å². The number of nitrogens with one attached hydrogen (secondary N) is 1. The first kappa shape index (κ1) is 18.9. The van der Waals surface area contributed by atoms with Crippen LogP contribution in [0, 0.1) is 0 Å². The molecule has 24 heavy (non-hydrogen) atoms. The Kier molecular flexibility index (Phi) is 6.77. The maximum atomic E-state index is 12.6. The number of benzene rings is 1. The Bertz CT molecular complexity index is 628. The number of amides is 1. The van der Waals surface area contributed by atoms with E-state index in [2.05, 4.69) is 10.2 Å². The molecule has 0 radical (unpaired) electrons. The van der Waals surface area contributed by atoms with E-state index < -0.39 is 16.1 Å². The van der Waals surface area contributed by atoms with Gasteiger partial charge in [-0.05, 0) is 44.5 Å². The standard InChI is InChI=1S/C17H27N3O3S/c1-19(24(2,22)23)16(15-9-4-3-5-10-15)17(21)18-11-8-14-20-12-6-7-13-20/h3-5,9-10,16H,6-8,11-14H2,1-2H3,(H,18,21)/t16-/m0/s1. The first-order chi connectivity index (χ1) is 11.4. The van der Waals surface area contributed by atoms with E-state index in [1.165, 1.54) is 19.9 Å². The van der Waals surface area contributed by atoms with Gasteiger partial charge in [0.15, 0.2) is 0 Å². The molecule has 1 heterocycles. The lowest BCUT2D eigenvalue weighted by Crippen LogP contribution is -2.41. The van der Waals surface area contributed by atoms with E-state index in [-0.39, 0.29) is 5.91 Å². The molecule has 1 aromatic rings. The van der Waals surface area contributed by atoms with Crippen LogP contribution < -0.4 is 5.32 Å². The zero-order valence-corrected chi connectivity index (χ0v) is 15.3. The lowest BCUT2D eigenvalue weighted by Gasteiger charge is -2.25. The minimum absolute atomic E-state index is 0.282. The van der Waals surface area contributed by atoms with Crippen LogP contribution in [0.25, 0.3) is 0 Å². The number of carbonyl (C=O) groups is 1. The first-order valence-corrected chi connectivity index (χ1v) is 10.2. The van der Waals surface area contributed by atoms with Gasteiger partial charge in [-0.2, -0.15) is 4.31 Å². The summed E-state index contributed by atoms with van der Waals surface area (Å²) in [6.45, 7) is 3.79. The lowest BCUT2D eigenvalue weighted by molar-refractivity contribution is -0.124. The van der Waals surface area contributed by atoms with Crippen LogP contribution in [0.15, 0.2) is 30.3 Å². The monoisotopic (exact) mass is 353 g/mol. The van der Waals surface area contributed by atoms with E-state index in [4.69, 9.17) is 0 Å². The Hall–Kier alpha value is -1.44. The summed E-state index contributed by atoms with van der Waals surface area (Å²) in [7, 11) is -2.03. The second-order valence-electron chi connectivity index (χ2n) is 6.29. The van der Waals surface area contributed by atoms with Crippen LogP contribution in [0.3, 0.4) is 0 Å². The molecule has 2 rings (SSSR count). The fourth-order valence-corrected chi connectivity index (χ4v) is 3.57. The molecule has 0 saturated carbocycles. The molecule has 1 fully saturated rings. The Morgan fingerprint density at radius 3 is 2.46 bits per heavy atom. The number of likely N-dealkylation sites (tertiary alicyclic amines) is 1. The van der Waals surface area contributed by atoms with Crippen molar-refractivity contribution >= 4 is 15.9 Å². The van der Waals surface area contributed by atoms with Crippen LogP contribution in [0.1, 0.15) is 30.9 Å². The Morgan fingerprint density at radius 1 is 1.25 bits per heavy atom. The molecule has 1 aliphatic rings. The van der Waals surface area contributed by atoms with Gasteiger partial charge in [-0.15, -0.1) is 0 Å². The lowest BCUT2D eigenvalue weighted by atomic mass is 10.1. The average molecular weight is 353 g/mol. The number of hydrogen-bond donors (Lipinski definition) is 1. The third kappa shape index (κ3) is 5.29. The molecule has 0 aromatic heterocycles. The summed E-state index contributed by atoms with van der Waals surface area (Å²) in [6, 6.07) is 8.16. The average Bonchev–Trinajstić information content (AvgIpc) is 3.05. The predicted octanol–water partition coefficient (Wildman–Crippen LogP) is 1.22. The maximum Gasteiger partial charge on any atom is 0.242 e. The Labute approximate surface area is 144 Å². The van der Waals surface area contributed by atoms with Crippen molar-refractivity contribution < 1.29 is 13.2 Å². The molecule has 0 bridgehead atoms. The van der Waals surface area contributed by atoms with Crippen LogP contribution in [-0.2, 0) is 14.8 Å². The van der Waals surface area contributed by atoms with Gasteiger partial charge in [0.2, 0.25) is 15.9 Å². The zero-order valence-electron chi connectivity index (χ0n) is 14.4. The van der Waals surface area contributed by atoms with Gasteiger partial charge in [-0.1, -0.05) is 30.3 Å². The molecule has 1 amide bonds. The predicted molar refractivity (Wildman–Crippen MR) is 95.1 cm³/mol. The molecule has 1 N–H and O–H groups in total. The number of carbonyl (C=O) groups excluding carboxylic acids is 1. The van der Waals surface area contributed by atoms with Crippen LogP contribution in [0.2, 0.25) is 0 Å². The number of likely N-dealkylation sites (N-methyl/N-ethyl adjacent to an activating group) is 1. The van der Waals surface area contributed by atoms with Crippen LogP contribution >= 0.6 is 0 Å². The normalized spacial score (nSPS) is 17.1. The fourth-order valence-electron chi connectivity index (χ4n) is 2.97. The Morgan fingerprint density at radius 2 is 1.88 bits per heavy atom. The molecule has 1 saturated heterocycles. The quantitative estimate of drug-likeness (QED) is 0.714. The van der Waals surface area contributed by atoms with Crippen molar-refractivity contribution in [2.24, 2.45) is 0 Å². The van der Waals surface area contributed by atoms with E-state index in [9.17, 15) is 13.2 Å². The van der Waals surface area contributed by atoms with Crippen molar-refractivity contribution in [2.75, 3.05) is 39.5 Å². The fraction of sp³-hybridized carbons (Fsp3) is 0.588. The summed E-state index contributed by atoms with van der Waals surface area (Å²) in [4.78, 5) is 15.0. The van der Waals surface area contributed by atoms with Crippen molar-refractivity contribution in [1.29, 1.82) is 0 Å². The molecule has 1 aromatic carbocycles. The smallest absolute Gasteiger partial charge is 0.242 e. The van der Waals surface area contributed by atoms with Gasteiger partial charge in [0.25, 0.3) is 0 Å². The molecule has 0 spiro atoms. The van der Waals surface area contributed by atoms with E-state index >= 15 is 0 Å². The second kappa shape index (κ2) is 8.60. The number of sulfonamides is 1. The summed E-state index contributed by atoms with van der Waals surface area (Å²) >= 11 is 0. The molecular formula is C17H27N3O3S. The summed E-state index contributed by atoms with van der Waals surface area (Å²) in [5.74, 6) is -0.282. The van der Waals surface area contributed by atoms with Gasteiger partial charge in [-0.3, -0.25) is 4.79 Å². The van der Waals surface area contributed by atoms with Crippen molar-refractivity contribution in [1.82, 2.24) is 14.5 Å². The van der Waals surface area contributed by atoms with Crippen LogP contribution in [0.5, 0.6) is 0 Å². The minimum atomic E-state index is -3.47. The molecule has 1 atom stereocenters. The molecule has 134 valence electrons. The van der Waals surface area contributed by atoms with Gasteiger partial charge < -0.3 is 10.2 Å². The highest BCUT2D eigenvalue weighted by atomic mass is 32.2. The highest BCUT2D eigenvalue weighted by Gasteiger charge is 2.30. The van der Waals surface area contributed by atoms with Crippen molar-refractivity contribution in [3.05, 3.63) is 35.9 Å². The largest absolute Gasteiger partial charge is 0.354 e. The molecule has 0 unspecified atom stereocenters. The van der Waals surface area contributed by atoms with E-state index in [0.29, 0.717) is 12.1 Å². The van der Waals surface area contributed by atoms with Gasteiger partial charge in [0, 0.05) is 13.6 Å². The molecule has 6 nitrogen and oxygen atoms in total. The van der Waals surface area contributed by atoms with E-state index in [0.717, 1.165) is 36.6 Å². The van der Waals surface area contributed by atoms with Gasteiger partial charge in [-0.25, -0.2) is 8.42 Å². The molecule has 7 heteroatoms. The van der Waals surface area contributed by atoms with Crippen molar-refractivity contribution in [3.63, 3.8) is 0 Å². The molecule has 1 aliphatic heterocycles. The van der Waals surface area contributed by atoms with Gasteiger partial charge in [0.05, 0.1) is 6.26 Å². The highest BCUT2D eigenvalue weighted by molar-refractivity contribution is 7.88. The highest BCUT2D eigenvalue weighted by Crippen LogP contribution is 2.21. The van der Waals surface area contributed by atoms with E-state index in [1.807, 2.05) is 6.07 Å². The second-order valence-corrected chi connectivity index (χ2v) is 8.33. The zero-order chi connectivity index (χ0) is 17.6. The van der Waals surface area contributed by atoms with Crippen LogP contribution in [0.4, 0.5) is 0 Å². The third-order valence-electron chi connectivity index (χ3n) is 4.40. The Balaban J connectivity index is 1.96. The molecular weight excluding hydrogens is 326 g/mol. The SMILES string of the molecule is CN([C@H](C(=O)NCCCN1CCCC1)c1ccccc1)S(C)(=O)=O. The summed E-state index contributed by atoms with van der Waals surface area (Å²) in [5, 5.41) is 2.89. The summed E-state index contributed by atoms with van der Waals surface area (Å²) < 4.78 is 24.9. The van der Waals surface area contributed by atoms with Crippen molar-refractivity contribution in [3.8, 4) is 0 Å². The number of hydrogen-bond acceptors (Lipinski definition) is 4. The maximum absolute atomic E-state index is 12.6. The minimum Gasteiger partial charge on any atom is -0.354 e. The number of nitrogens with zero attached hydrogens (tertiary/aromatic N) is 2. The van der Waals surface area contributed by atoms with Gasteiger partial charge in [0.1, 0.15) is 6.04 Å². The third-order valence-corrected chi connectivity index (χ3v) is 5.66. The van der Waals surface area contributed by atoms with Crippen molar-refractivity contribution in [2.45, 2.75) is 25.3 Å². The van der Waals surface area contributed by atoms with Gasteiger partial charge >= 0.3 is 0 Å². The molecule has 0 aliphatic carbocycles. The summed E-state index contributed by atoms with van der Waals surface area (Å²) in [5.41, 5.74) is 0.669. The topological polar surface area (TPSA) is 69.7 Å². The number of rotatable bonds is 8. The first-order valence-electron chi connectivity index (χ1n) is 8.37. The summed E-state index contributed by atoms with van der Waals surface area (Å²) in [6.07, 6.45) is 4.49. The van der Waals surface area contributed by atoms with Crippen LogP contribution in [-0.4, -0.2) is 63.0 Å².